The van der Waals surface area contributed by atoms with Gasteiger partial charge in [-0.3, -0.25) is 4.79 Å². The van der Waals surface area contributed by atoms with Crippen molar-refractivity contribution in [2.75, 3.05) is 36.4 Å². The molecule has 0 saturated carbocycles. The third kappa shape index (κ3) is 4.20. The minimum absolute atomic E-state index is 0.105. The van der Waals surface area contributed by atoms with Gasteiger partial charge in [0.1, 0.15) is 0 Å². The summed E-state index contributed by atoms with van der Waals surface area (Å²) in [5.41, 5.74) is 4.62. The number of benzene rings is 4. The Morgan fingerprint density at radius 1 is 0.844 bits per heavy atom. The first-order valence-electron chi connectivity index (χ1n) is 10.8. The summed E-state index contributed by atoms with van der Waals surface area (Å²) in [7, 11) is 0. The summed E-state index contributed by atoms with van der Waals surface area (Å²) in [6.45, 7) is 3.65. The molecule has 0 bridgehead atoms. The van der Waals surface area contributed by atoms with Crippen molar-refractivity contribution in [3.05, 3.63) is 95.5 Å². The van der Waals surface area contributed by atoms with Crippen molar-refractivity contribution >= 4 is 39.7 Å². The van der Waals surface area contributed by atoms with E-state index in [1.165, 1.54) is 0 Å². The SMILES string of the molecule is O=C(Nc1cc(-c2ccc(Cl)cc2)ccc1N1CCNCC1)c1cccc2ccccc12. The van der Waals surface area contributed by atoms with Crippen molar-refractivity contribution in [3.63, 3.8) is 0 Å². The summed E-state index contributed by atoms with van der Waals surface area (Å²) >= 11 is 6.07. The molecule has 5 heteroatoms. The molecule has 0 atom stereocenters. The lowest BCUT2D eigenvalue weighted by molar-refractivity contribution is 0.102. The number of nitrogens with one attached hydrogen (secondary N) is 2. The Labute approximate surface area is 192 Å². The third-order valence-electron chi connectivity index (χ3n) is 5.91. The third-order valence-corrected chi connectivity index (χ3v) is 6.17. The first kappa shape index (κ1) is 20.6. The fourth-order valence-electron chi connectivity index (χ4n) is 4.25. The lowest BCUT2D eigenvalue weighted by Gasteiger charge is -2.31. The fourth-order valence-corrected chi connectivity index (χ4v) is 4.38. The molecule has 1 aliphatic rings. The van der Waals surface area contributed by atoms with Crippen LogP contribution in [0.1, 0.15) is 10.4 Å². The number of piperazine rings is 1. The Morgan fingerprint density at radius 3 is 2.38 bits per heavy atom. The quantitative estimate of drug-likeness (QED) is 0.419. The van der Waals surface area contributed by atoms with Gasteiger partial charge in [-0.15, -0.1) is 0 Å². The van der Waals surface area contributed by atoms with Gasteiger partial charge in [-0.2, -0.15) is 0 Å². The number of amides is 1. The van der Waals surface area contributed by atoms with Crippen LogP contribution in [0, 0.1) is 0 Å². The lowest BCUT2D eigenvalue weighted by Crippen LogP contribution is -2.43. The highest BCUT2D eigenvalue weighted by Crippen LogP contribution is 2.33. The summed E-state index contributed by atoms with van der Waals surface area (Å²) in [6, 6.07) is 27.8. The lowest BCUT2D eigenvalue weighted by atomic mass is 10.0. The molecule has 1 heterocycles. The molecule has 0 radical (unpaired) electrons. The molecule has 4 aromatic rings. The van der Waals surface area contributed by atoms with Crippen LogP contribution in [0.5, 0.6) is 0 Å². The minimum atomic E-state index is -0.105. The van der Waals surface area contributed by atoms with Gasteiger partial charge in [-0.05, 0) is 52.2 Å². The number of hydrogen-bond acceptors (Lipinski definition) is 3. The molecular weight excluding hydrogens is 418 g/mol. The summed E-state index contributed by atoms with van der Waals surface area (Å²) in [6.07, 6.45) is 0. The van der Waals surface area contributed by atoms with Crippen LogP contribution >= 0.6 is 11.6 Å². The molecule has 0 unspecified atom stereocenters. The molecule has 160 valence electrons. The maximum absolute atomic E-state index is 13.4. The predicted molar refractivity (Wildman–Crippen MR) is 134 cm³/mol. The molecule has 0 aliphatic carbocycles. The van der Waals surface area contributed by atoms with E-state index in [0.29, 0.717) is 10.6 Å². The number of rotatable bonds is 4. The maximum atomic E-state index is 13.4. The molecule has 1 saturated heterocycles. The van der Waals surface area contributed by atoms with E-state index in [2.05, 4.69) is 33.7 Å². The van der Waals surface area contributed by atoms with E-state index in [4.69, 9.17) is 11.6 Å². The zero-order chi connectivity index (χ0) is 21.9. The van der Waals surface area contributed by atoms with Gasteiger partial charge in [0.25, 0.3) is 5.91 Å². The number of carbonyl (C=O) groups excluding carboxylic acids is 1. The number of fused-ring (bicyclic) bond motifs is 1. The highest BCUT2D eigenvalue weighted by atomic mass is 35.5. The van der Waals surface area contributed by atoms with E-state index >= 15 is 0 Å². The van der Waals surface area contributed by atoms with Crippen LogP contribution < -0.4 is 15.5 Å². The smallest absolute Gasteiger partial charge is 0.256 e. The largest absolute Gasteiger partial charge is 0.367 e. The van der Waals surface area contributed by atoms with Gasteiger partial charge in [-0.1, -0.05) is 66.2 Å². The van der Waals surface area contributed by atoms with E-state index in [1.807, 2.05) is 66.7 Å². The van der Waals surface area contributed by atoms with E-state index in [-0.39, 0.29) is 5.91 Å². The van der Waals surface area contributed by atoms with E-state index in [9.17, 15) is 4.79 Å². The molecule has 1 fully saturated rings. The topological polar surface area (TPSA) is 44.4 Å². The van der Waals surface area contributed by atoms with Crippen LogP contribution in [-0.2, 0) is 0 Å². The van der Waals surface area contributed by atoms with Crippen molar-refractivity contribution in [1.82, 2.24) is 5.32 Å². The van der Waals surface area contributed by atoms with E-state index in [1.54, 1.807) is 0 Å². The summed E-state index contributed by atoms with van der Waals surface area (Å²) in [5.74, 6) is -0.105. The molecule has 4 nitrogen and oxygen atoms in total. The Hall–Kier alpha value is -3.34. The van der Waals surface area contributed by atoms with E-state index < -0.39 is 0 Å². The van der Waals surface area contributed by atoms with Crippen LogP contribution in [0.4, 0.5) is 11.4 Å². The molecule has 32 heavy (non-hydrogen) atoms. The molecule has 1 amide bonds. The predicted octanol–water partition coefficient (Wildman–Crippen LogP) is 5.82. The zero-order valence-corrected chi connectivity index (χ0v) is 18.4. The molecule has 0 spiro atoms. The van der Waals surface area contributed by atoms with Crippen LogP contribution in [0.3, 0.4) is 0 Å². The number of anilines is 2. The summed E-state index contributed by atoms with van der Waals surface area (Å²) in [4.78, 5) is 15.7. The summed E-state index contributed by atoms with van der Waals surface area (Å²) < 4.78 is 0. The van der Waals surface area contributed by atoms with Crippen LogP contribution in [0.15, 0.2) is 84.9 Å². The maximum Gasteiger partial charge on any atom is 0.256 e. The number of carbonyl (C=O) groups is 1. The Bertz CT molecular complexity index is 1260. The Kier molecular flexibility index (Phi) is 5.80. The normalized spacial score (nSPS) is 13.8. The average Bonchev–Trinajstić information content (AvgIpc) is 2.84. The highest BCUT2D eigenvalue weighted by molar-refractivity contribution is 6.30. The van der Waals surface area contributed by atoms with Crippen molar-refractivity contribution in [2.45, 2.75) is 0 Å². The van der Waals surface area contributed by atoms with Gasteiger partial charge in [-0.25, -0.2) is 0 Å². The summed E-state index contributed by atoms with van der Waals surface area (Å²) in [5, 5.41) is 9.31. The van der Waals surface area contributed by atoms with Crippen molar-refractivity contribution in [1.29, 1.82) is 0 Å². The fraction of sp³-hybridized carbons (Fsp3) is 0.148. The number of halogens is 1. The van der Waals surface area contributed by atoms with Gasteiger partial charge in [0, 0.05) is 36.8 Å². The monoisotopic (exact) mass is 441 g/mol. The second kappa shape index (κ2) is 9.03. The molecule has 0 aromatic heterocycles. The van der Waals surface area contributed by atoms with E-state index in [0.717, 1.165) is 59.5 Å². The van der Waals surface area contributed by atoms with Crippen LogP contribution in [0.2, 0.25) is 5.02 Å². The second-order valence-corrected chi connectivity index (χ2v) is 8.39. The Morgan fingerprint density at radius 2 is 1.56 bits per heavy atom. The first-order valence-corrected chi connectivity index (χ1v) is 11.2. The molecule has 5 rings (SSSR count). The standard InChI is InChI=1S/C27H24ClN3O/c28-22-11-8-19(9-12-22)21-10-13-26(31-16-14-29-15-17-31)25(18-21)30-27(32)24-7-3-5-20-4-1-2-6-23(20)24/h1-13,18,29H,14-17H2,(H,30,32). The highest BCUT2D eigenvalue weighted by Gasteiger charge is 2.18. The zero-order valence-electron chi connectivity index (χ0n) is 17.6. The van der Waals surface area contributed by atoms with Gasteiger partial charge < -0.3 is 15.5 Å². The van der Waals surface area contributed by atoms with Gasteiger partial charge in [0.2, 0.25) is 0 Å². The number of hydrogen-bond donors (Lipinski definition) is 2. The Balaban J connectivity index is 1.54. The van der Waals surface area contributed by atoms with Crippen molar-refractivity contribution in [3.8, 4) is 11.1 Å². The average molecular weight is 442 g/mol. The van der Waals surface area contributed by atoms with Gasteiger partial charge in [0.15, 0.2) is 0 Å². The first-order chi connectivity index (χ1) is 15.7. The minimum Gasteiger partial charge on any atom is -0.367 e. The second-order valence-electron chi connectivity index (χ2n) is 7.96. The van der Waals surface area contributed by atoms with Crippen molar-refractivity contribution < 1.29 is 4.79 Å². The molecular formula is C27H24ClN3O. The van der Waals surface area contributed by atoms with Gasteiger partial charge >= 0.3 is 0 Å². The van der Waals surface area contributed by atoms with Crippen LogP contribution in [0.25, 0.3) is 21.9 Å². The molecule has 2 N–H and O–H groups in total. The van der Waals surface area contributed by atoms with Crippen LogP contribution in [-0.4, -0.2) is 32.1 Å². The van der Waals surface area contributed by atoms with Crippen molar-refractivity contribution in [2.24, 2.45) is 0 Å². The molecule has 4 aromatic carbocycles. The molecule has 1 aliphatic heterocycles. The number of nitrogens with zero attached hydrogens (tertiary/aromatic N) is 1. The van der Waals surface area contributed by atoms with Gasteiger partial charge in [0.05, 0.1) is 11.4 Å².